The topological polar surface area (TPSA) is 87.3 Å². The van der Waals surface area contributed by atoms with Crippen molar-refractivity contribution < 1.29 is 23.1 Å². The highest BCUT2D eigenvalue weighted by Gasteiger charge is 2.52. The number of amides is 2. The van der Waals surface area contributed by atoms with Gasteiger partial charge in [-0.2, -0.15) is 0 Å². The lowest BCUT2D eigenvalue weighted by molar-refractivity contribution is -0.146. The predicted molar refractivity (Wildman–Crippen MR) is 131 cm³/mol. The van der Waals surface area contributed by atoms with Gasteiger partial charge in [-0.05, 0) is 69.6 Å². The van der Waals surface area contributed by atoms with Gasteiger partial charge in [-0.1, -0.05) is 6.92 Å². The number of aromatic amines is 1. The number of esters is 1. The van der Waals surface area contributed by atoms with Crippen molar-refractivity contribution in [3.05, 3.63) is 29.7 Å². The highest BCUT2D eigenvalue weighted by molar-refractivity contribution is 5.83. The number of ether oxygens (including phenoxy) is 1. The third kappa shape index (κ3) is 4.45. The van der Waals surface area contributed by atoms with Gasteiger partial charge in [0.1, 0.15) is 5.82 Å². The minimum Gasteiger partial charge on any atom is -0.466 e. The minimum atomic E-state index is -0.562. The summed E-state index contributed by atoms with van der Waals surface area (Å²) in [5, 5.41) is 3.59. The first-order valence-corrected chi connectivity index (χ1v) is 13.3. The maximum absolute atomic E-state index is 14.3. The molecule has 0 unspecified atom stereocenters. The Kier molecular flexibility index (Phi) is 6.68. The zero-order valence-corrected chi connectivity index (χ0v) is 21.2. The van der Waals surface area contributed by atoms with Crippen LogP contribution in [0.1, 0.15) is 83.2 Å². The number of nitrogens with one attached hydrogen (secondary N) is 2. The standard InChI is InChI=1S/C27H36F2N4O3/c1-3-36-21(34)14-17(2)26-6-9-27(10-7-26,11-8-26)32-25(35)33-12-4-18(5-13-33)23-22-19(28)15-31-24(22)20(29)16-30-23/h15-18,31H,3-14H2,1-2H3,(H,32,35)/t17-,26?,27?/m1/s1. The van der Waals surface area contributed by atoms with E-state index >= 15 is 0 Å². The molecule has 1 saturated heterocycles. The number of aromatic nitrogens is 2. The Bertz CT molecular complexity index is 1120. The lowest BCUT2D eigenvalue weighted by Crippen LogP contribution is -2.60. The molecule has 2 N–H and O–H groups in total. The zero-order valence-electron chi connectivity index (χ0n) is 21.2. The number of likely N-dealkylation sites (tertiary alicyclic amines) is 1. The number of carbonyl (C=O) groups excluding carboxylic acids is 2. The van der Waals surface area contributed by atoms with Crippen LogP contribution in [0, 0.1) is 23.0 Å². The van der Waals surface area contributed by atoms with Gasteiger partial charge in [-0.3, -0.25) is 9.78 Å². The summed E-state index contributed by atoms with van der Waals surface area (Å²) in [6.07, 6.45) is 9.96. The molecule has 4 aliphatic rings. The number of hydrogen-bond acceptors (Lipinski definition) is 4. The van der Waals surface area contributed by atoms with E-state index in [0.29, 0.717) is 44.7 Å². The number of hydrogen-bond donors (Lipinski definition) is 2. The number of carbonyl (C=O) groups is 2. The van der Waals surface area contributed by atoms with E-state index in [1.165, 1.54) is 6.20 Å². The summed E-state index contributed by atoms with van der Waals surface area (Å²) in [7, 11) is 0. The third-order valence-corrected chi connectivity index (χ3v) is 9.31. The van der Waals surface area contributed by atoms with Gasteiger partial charge in [0, 0.05) is 37.2 Å². The molecule has 2 aromatic rings. The Morgan fingerprint density at radius 3 is 2.47 bits per heavy atom. The number of rotatable bonds is 6. The summed E-state index contributed by atoms with van der Waals surface area (Å²) in [6, 6.07) is -0.0348. The van der Waals surface area contributed by atoms with Crippen molar-refractivity contribution in [2.75, 3.05) is 19.7 Å². The van der Waals surface area contributed by atoms with Crippen molar-refractivity contribution in [1.29, 1.82) is 0 Å². The summed E-state index contributed by atoms with van der Waals surface area (Å²) in [6.45, 7) is 5.53. The molecule has 2 amide bonds. The number of fused-ring (bicyclic) bond motifs is 4. The summed E-state index contributed by atoms with van der Waals surface area (Å²) < 4.78 is 33.5. The van der Waals surface area contributed by atoms with E-state index in [1.54, 1.807) is 0 Å². The largest absolute Gasteiger partial charge is 0.466 e. The van der Waals surface area contributed by atoms with Crippen LogP contribution in [0.5, 0.6) is 0 Å². The van der Waals surface area contributed by atoms with E-state index in [-0.39, 0.29) is 45.7 Å². The van der Waals surface area contributed by atoms with Crippen LogP contribution in [-0.4, -0.2) is 52.1 Å². The molecule has 3 heterocycles. The molecule has 196 valence electrons. The molecule has 9 heteroatoms. The quantitative estimate of drug-likeness (QED) is 0.517. The minimum absolute atomic E-state index is 0.0218. The SMILES string of the molecule is CCOC(=O)C[C@@H](C)C12CCC(NC(=O)N3CCC(c4ncc(F)c5[nH]cc(F)c45)CC3)(CC1)CC2. The Morgan fingerprint density at radius 1 is 1.17 bits per heavy atom. The van der Waals surface area contributed by atoms with Gasteiger partial charge in [0.25, 0.3) is 0 Å². The van der Waals surface area contributed by atoms with Crippen LogP contribution in [0.2, 0.25) is 0 Å². The molecular formula is C27H36F2N4O3. The molecule has 1 aliphatic heterocycles. The molecule has 0 aromatic carbocycles. The van der Waals surface area contributed by atoms with Gasteiger partial charge in [-0.15, -0.1) is 0 Å². The van der Waals surface area contributed by atoms with Crippen LogP contribution in [0.3, 0.4) is 0 Å². The fourth-order valence-electron chi connectivity index (χ4n) is 6.89. The predicted octanol–water partition coefficient (Wildman–Crippen LogP) is 5.41. The second-order valence-electron chi connectivity index (χ2n) is 11.1. The van der Waals surface area contributed by atoms with Gasteiger partial charge in [0.2, 0.25) is 0 Å². The summed E-state index contributed by atoms with van der Waals surface area (Å²) >= 11 is 0. The van der Waals surface area contributed by atoms with E-state index in [9.17, 15) is 18.4 Å². The molecule has 0 radical (unpaired) electrons. The summed E-state index contributed by atoms with van der Waals surface area (Å²) in [4.78, 5) is 34.0. The smallest absolute Gasteiger partial charge is 0.317 e. The van der Waals surface area contributed by atoms with E-state index in [2.05, 4.69) is 22.2 Å². The van der Waals surface area contributed by atoms with Crippen molar-refractivity contribution >= 4 is 22.9 Å². The van der Waals surface area contributed by atoms with Crippen LogP contribution in [-0.2, 0) is 9.53 Å². The molecule has 7 nitrogen and oxygen atoms in total. The Hall–Kier alpha value is -2.71. The molecule has 2 aromatic heterocycles. The van der Waals surface area contributed by atoms with Crippen molar-refractivity contribution in [3.8, 4) is 0 Å². The average molecular weight is 503 g/mol. The molecule has 3 aliphatic carbocycles. The Labute approximate surface area is 210 Å². The summed E-state index contributed by atoms with van der Waals surface area (Å²) in [5.41, 5.74) is 0.715. The highest BCUT2D eigenvalue weighted by Crippen LogP contribution is 2.56. The monoisotopic (exact) mass is 502 g/mol. The highest BCUT2D eigenvalue weighted by atomic mass is 19.1. The second-order valence-corrected chi connectivity index (χ2v) is 11.1. The number of H-pyrrole nitrogens is 1. The van der Waals surface area contributed by atoms with Crippen LogP contribution < -0.4 is 5.32 Å². The fourth-order valence-corrected chi connectivity index (χ4v) is 6.89. The Balaban J connectivity index is 1.16. The van der Waals surface area contributed by atoms with Crippen LogP contribution in [0.4, 0.5) is 13.6 Å². The lowest BCUT2D eigenvalue weighted by Gasteiger charge is -2.56. The van der Waals surface area contributed by atoms with Crippen LogP contribution in [0.25, 0.3) is 10.9 Å². The van der Waals surface area contributed by atoms with Crippen LogP contribution >= 0.6 is 0 Å². The molecule has 6 rings (SSSR count). The molecule has 1 atom stereocenters. The van der Waals surface area contributed by atoms with Crippen LogP contribution in [0.15, 0.2) is 12.4 Å². The number of urea groups is 1. The van der Waals surface area contributed by atoms with Gasteiger partial charge in [-0.25, -0.2) is 13.6 Å². The second kappa shape index (κ2) is 9.63. The van der Waals surface area contributed by atoms with Crippen molar-refractivity contribution in [2.24, 2.45) is 11.3 Å². The Morgan fingerprint density at radius 2 is 1.83 bits per heavy atom. The van der Waals surface area contributed by atoms with Gasteiger partial charge in [0.05, 0.1) is 29.4 Å². The molecule has 36 heavy (non-hydrogen) atoms. The zero-order chi connectivity index (χ0) is 25.5. The summed E-state index contributed by atoms with van der Waals surface area (Å²) in [5.74, 6) is -0.914. The number of pyridine rings is 1. The van der Waals surface area contributed by atoms with Crippen molar-refractivity contribution in [1.82, 2.24) is 20.2 Å². The van der Waals surface area contributed by atoms with E-state index in [1.807, 2.05) is 11.8 Å². The molecule has 3 saturated carbocycles. The first kappa shape index (κ1) is 25.0. The molecule has 4 fully saturated rings. The van der Waals surface area contributed by atoms with Gasteiger partial charge in [0.15, 0.2) is 5.82 Å². The third-order valence-electron chi connectivity index (χ3n) is 9.31. The number of nitrogens with zero attached hydrogens (tertiary/aromatic N) is 2. The molecule has 0 spiro atoms. The molecular weight excluding hydrogens is 466 g/mol. The van der Waals surface area contributed by atoms with E-state index in [0.717, 1.165) is 44.7 Å². The van der Waals surface area contributed by atoms with E-state index in [4.69, 9.17) is 4.74 Å². The first-order valence-electron chi connectivity index (χ1n) is 13.3. The average Bonchev–Trinajstić information content (AvgIpc) is 3.28. The van der Waals surface area contributed by atoms with Gasteiger partial charge < -0.3 is 19.9 Å². The fraction of sp³-hybridized carbons (Fsp3) is 0.667. The van der Waals surface area contributed by atoms with Crippen molar-refractivity contribution in [3.63, 3.8) is 0 Å². The normalized spacial score (nSPS) is 27.3. The molecule has 2 bridgehead atoms. The maximum atomic E-state index is 14.3. The number of halogens is 2. The maximum Gasteiger partial charge on any atom is 0.317 e. The number of piperidine rings is 1. The van der Waals surface area contributed by atoms with Gasteiger partial charge >= 0.3 is 12.0 Å². The lowest BCUT2D eigenvalue weighted by atomic mass is 9.53. The van der Waals surface area contributed by atoms with Crippen molar-refractivity contribution in [2.45, 2.75) is 83.1 Å². The van der Waals surface area contributed by atoms with E-state index < -0.39 is 11.6 Å². The first-order chi connectivity index (χ1) is 17.3.